The van der Waals surface area contributed by atoms with Gasteiger partial charge in [0.25, 0.3) is 0 Å². The third-order valence-electron chi connectivity index (χ3n) is 5.33. The maximum atomic E-state index is 13.4. The SMILES string of the molecule is CC[C@H]1c2cccn2-c2ccccc2CN1C(=O)Nc1cc(C)ccc1OC. The van der Waals surface area contributed by atoms with Gasteiger partial charge in [0, 0.05) is 11.9 Å². The fourth-order valence-electron chi connectivity index (χ4n) is 3.97. The van der Waals surface area contributed by atoms with E-state index in [9.17, 15) is 4.79 Å². The number of hydrogen-bond acceptors (Lipinski definition) is 2. The second-order valence-corrected chi connectivity index (χ2v) is 7.12. The summed E-state index contributed by atoms with van der Waals surface area (Å²) in [7, 11) is 1.62. The van der Waals surface area contributed by atoms with Crippen molar-refractivity contribution in [2.75, 3.05) is 12.4 Å². The van der Waals surface area contributed by atoms with Gasteiger partial charge in [0.1, 0.15) is 5.75 Å². The zero-order valence-corrected chi connectivity index (χ0v) is 16.5. The molecule has 0 bridgehead atoms. The molecule has 0 saturated heterocycles. The van der Waals surface area contributed by atoms with Crippen LogP contribution in [0.3, 0.4) is 0 Å². The van der Waals surface area contributed by atoms with E-state index in [1.54, 1.807) is 7.11 Å². The largest absolute Gasteiger partial charge is 0.495 e. The first-order valence-electron chi connectivity index (χ1n) is 9.60. The second-order valence-electron chi connectivity index (χ2n) is 7.12. The molecule has 0 radical (unpaired) electrons. The molecule has 1 N–H and O–H groups in total. The lowest BCUT2D eigenvalue weighted by atomic mass is 10.1. The van der Waals surface area contributed by atoms with Crippen LogP contribution >= 0.6 is 0 Å². The number of ether oxygens (including phenoxy) is 1. The quantitative estimate of drug-likeness (QED) is 0.676. The van der Waals surface area contributed by atoms with E-state index < -0.39 is 0 Å². The van der Waals surface area contributed by atoms with Crippen LogP contribution < -0.4 is 10.1 Å². The van der Waals surface area contributed by atoms with E-state index in [2.05, 4.69) is 41.2 Å². The minimum absolute atomic E-state index is 0.0156. The predicted molar refractivity (Wildman–Crippen MR) is 111 cm³/mol. The molecule has 5 heteroatoms. The summed E-state index contributed by atoms with van der Waals surface area (Å²) in [6.07, 6.45) is 2.90. The smallest absolute Gasteiger partial charge is 0.322 e. The van der Waals surface area contributed by atoms with Gasteiger partial charge in [-0.15, -0.1) is 0 Å². The number of fused-ring (bicyclic) bond motifs is 3. The Kier molecular flexibility index (Phi) is 4.82. The number of aryl methyl sites for hydroxylation is 1. The topological polar surface area (TPSA) is 46.5 Å². The molecule has 28 heavy (non-hydrogen) atoms. The molecule has 1 aromatic heterocycles. The lowest BCUT2D eigenvalue weighted by molar-refractivity contribution is 0.181. The number of para-hydroxylation sites is 1. The fourth-order valence-corrected chi connectivity index (χ4v) is 3.97. The lowest BCUT2D eigenvalue weighted by Crippen LogP contribution is -2.37. The van der Waals surface area contributed by atoms with E-state index in [-0.39, 0.29) is 12.1 Å². The molecule has 1 aliphatic rings. The molecule has 2 amide bonds. The van der Waals surface area contributed by atoms with Crippen LogP contribution in [0, 0.1) is 6.92 Å². The summed E-state index contributed by atoms with van der Waals surface area (Å²) in [5.41, 5.74) is 5.14. The summed E-state index contributed by atoms with van der Waals surface area (Å²) >= 11 is 0. The average Bonchev–Trinajstić information content (AvgIpc) is 3.13. The summed E-state index contributed by atoms with van der Waals surface area (Å²) in [6.45, 7) is 4.67. The van der Waals surface area contributed by atoms with E-state index >= 15 is 0 Å². The Balaban J connectivity index is 1.73. The van der Waals surface area contributed by atoms with Crippen LogP contribution in [0.4, 0.5) is 10.5 Å². The molecule has 2 aromatic carbocycles. The molecule has 5 nitrogen and oxygen atoms in total. The molecule has 0 saturated carbocycles. The van der Waals surface area contributed by atoms with E-state index in [0.717, 1.165) is 28.9 Å². The first-order chi connectivity index (χ1) is 13.6. The van der Waals surface area contributed by atoms with Crippen molar-refractivity contribution in [1.29, 1.82) is 0 Å². The van der Waals surface area contributed by atoms with Crippen molar-refractivity contribution in [2.45, 2.75) is 32.9 Å². The molecule has 4 rings (SSSR count). The molecule has 0 spiro atoms. The number of nitrogens with one attached hydrogen (secondary N) is 1. The van der Waals surface area contributed by atoms with E-state index in [1.165, 1.54) is 0 Å². The van der Waals surface area contributed by atoms with Gasteiger partial charge in [0.05, 0.1) is 31.1 Å². The molecular weight excluding hydrogens is 350 g/mol. The molecular formula is C23H25N3O2. The first-order valence-corrected chi connectivity index (χ1v) is 9.60. The highest BCUT2D eigenvalue weighted by Gasteiger charge is 2.30. The Morgan fingerprint density at radius 1 is 1.18 bits per heavy atom. The molecule has 1 atom stereocenters. The molecule has 144 valence electrons. The Hall–Kier alpha value is -3.21. The number of benzene rings is 2. The van der Waals surface area contributed by atoms with Crippen LogP contribution in [0.15, 0.2) is 60.8 Å². The van der Waals surface area contributed by atoms with Crippen molar-refractivity contribution in [3.05, 3.63) is 77.6 Å². The van der Waals surface area contributed by atoms with Crippen LogP contribution in [0.25, 0.3) is 5.69 Å². The van der Waals surface area contributed by atoms with E-state index in [1.807, 2.05) is 48.2 Å². The summed E-state index contributed by atoms with van der Waals surface area (Å²) < 4.78 is 7.63. The highest BCUT2D eigenvalue weighted by atomic mass is 16.5. The van der Waals surface area contributed by atoms with Gasteiger partial charge in [-0.1, -0.05) is 31.2 Å². The fraction of sp³-hybridized carbons (Fsp3) is 0.261. The summed E-state index contributed by atoms with van der Waals surface area (Å²) in [6, 6.07) is 18.0. The van der Waals surface area contributed by atoms with Gasteiger partial charge in [0.15, 0.2) is 0 Å². The minimum atomic E-state index is -0.125. The second kappa shape index (κ2) is 7.43. The van der Waals surface area contributed by atoms with Crippen molar-refractivity contribution >= 4 is 11.7 Å². The van der Waals surface area contributed by atoms with Gasteiger partial charge < -0.3 is 19.5 Å². The monoisotopic (exact) mass is 375 g/mol. The van der Waals surface area contributed by atoms with E-state index in [4.69, 9.17) is 4.74 Å². The first kappa shape index (κ1) is 18.2. The van der Waals surface area contributed by atoms with Crippen molar-refractivity contribution < 1.29 is 9.53 Å². The molecule has 0 unspecified atom stereocenters. The number of amides is 2. The highest BCUT2D eigenvalue weighted by molar-refractivity contribution is 5.91. The van der Waals surface area contributed by atoms with Crippen LogP contribution in [0.2, 0.25) is 0 Å². The van der Waals surface area contributed by atoms with Crippen LogP contribution in [-0.2, 0) is 6.54 Å². The molecule has 3 aromatic rings. The van der Waals surface area contributed by atoms with Crippen LogP contribution in [-0.4, -0.2) is 22.6 Å². The molecule has 2 heterocycles. The van der Waals surface area contributed by atoms with Crippen molar-refractivity contribution in [3.8, 4) is 11.4 Å². The third kappa shape index (κ3) is 3.13. The van der Waals surface area contributed by atoms with Gasteiger partial charge in [-0.05, 0) is 54.8 Å². The molecule has 1 aliphatic heterocycles. The van der Waals surface area contributed by atoms with E-state index in [0.29, 0.717) is 18.0 Å². The van der Waals surface area contributed by atoms with Gasteiger partial charge in [-0.3, -0.25) is 0 Å². The number of rotatable bonds is 3. The number of aromatic nitrogens is 1. The molecule has 0 fully saturated rings. The Morgan fingerprint density at radius 3 is 2.79 bits per heavy atom. The number of carbonyl (C=O) groups excluding carboxylic acids is 1. The number of nitrogens with zero attached hydrogens (tertiary/aromatic N) is 2. The maximum Gasteiger partial charge on any atom is 0.322 e. The number of carbonyl (C=O) groups is 1. The van der Waals surface area contributed by atoms with Crippen LogP contribution in [0.1, 0.15) is 36.2 Å². The summed E-state index contributed by atoms with van der Waals surface area (Å²) in [5.74, 6) is 0.658. The Morgan fingerprint density at radius 2 is 2.00 bits per heavy atom. The van der Waals surface area contributed by atoms with Crippen molar-refractivity contribution in [2.24, 2.45) is 0 Å². The third-order valence-corrected chi connectivity index (χ3v) is 5.33. The number of methoxy groups -OCH3 is 1. The van der Waals surface area contributed by atoms with Gasteiger partial charge in [0.2, 0.25) is 0 Å². The Bertz CT molecular complexity index is 1010. The maximum absolute atomic E-state index is 13.4. The minimum Gasteiger partial charge on any atom is -0.495 e. The van der Waals surface area contributed by atoms with Crippen LogP contribution in [0.5, 0.6) is 5.75 Å². The summed E-state index contributed by atoms with van der Waals surface area (Å²) in [5, 5.41) is 3.07. The van der Waals surface area contributed by atoms with Gasteiger partial charge >= 0.3 is 6.03 Å². The zero-order chi connectivity index (χ0) is 19.7. The Labute approximate surface area is 165 Å². The predicted octanol–water partition coefficient (Wildman–Crippen LogP) is 5.29. The average molecular weight is 375 g/mol. The van der Waals surface area contributed by atoms with Gasteiger partial charge in [-0.2, -0.15) is 0 Å². The molecule has 0 aliphatic carbocycles. The standard InChI is InChI=1S/C23H25N3O2/c1-4-19-21-10-7-13-25(21)20-9-6-5-8-17(20)15-26(19)23(27)24-18-14-16(2)11-12-22(18)28-3/h5-14,19H,4,15H2,1-3H3,(H,24,27)/t19-/m0/s1. The van der Waals surface area contributed by atoms with Crippen molar-refractivity contribution in [1.82, 2.24) is 9.47 Å². The summed E-state index contributed by atoms with van der Waals surface area (Å²) in [4.78, 5) is 15.3. The highest BCUT2D eigenvalue weighted by Crippen LogP contribution is 2.35. The number of anilines is 1. The lowest BCUT2D eigenvalue weighted by Gasteiger charge is -2.30. The normalized spacial score (nSPS) is 15.4. The van der Waals surface area contributed by atoms with Crippen molar-refractivity contribution in [3.63, 3.8) is 0 Å². The number of urea groups is 1. The zero-order valence-electron chi connectivity index (χ0n) is 16.5. The number of hydrogen-bond donors (Lipinski definition) is 1. The van der Waals surface area contributed by atoms with Gasteiger partial charge in [-0.25, -0.2) is 4.79 Å².